The van der Waals surface area contributed by atoms with Crippen LogP contribution in [0.2, 0.25) is 5.02 Å². The number of aromatic nitrogens is 4. The van der Waals surface area contributed by atoms with E-state index in [1.54, 1.807) is 30.2 Å². The summed E-state index contributed by atoms with van der Waals surface area (Å²) in [6.07, 6.45) is 2.55. The zero-order valence-corrected chi connectivity index (χ0v) is 18.2. The van der Waals surface area contributed by atoms with Crippen LogP contribution in [-0.2, 0) is 7.05 Å². The van der Waals surface area contributed by atoms with Gasteiger partial charge < -0.3 is 14.9 Å². The monoisotopic (exact) mass is 454 g/mol. The molecule has 1 aliphatic rings. The minimum Gasteiger partial charge on any atom is -0.465 e. The third-order valence-corrected chi connectivity index (χ3v) is 6.12. The van der Waals surface area contributed by atoms with Crippen molar-refractivity contribution in [2.24, 2.45) is 7.05 Å². The number of nitrogens with zero attached hydrogens (tertiary/aromatic N) is 6. The molecular weight excluding hydrogens is 435 g/mol. The van der Waals surface area contributed by atoms with E-state index in [4.69, 9.17) is 11.6 Å². The van der Waals surface area contributed by atoms with Crippen LogP contribution in [0.25, 0.3) is 33.2 Å². The third kappa shape index (κ3) is 3.48. The number of benzene rings is 1. The van der Waals surface area contributed by atoms with Crippen molar-refractivity contribution in [2.75, 3.05) is 24.5 Å². The van der Waals surface area contributed by atoms with Crippen LogP contribution in [0.4, 0.5) is 14.9 Å². The summed E-state index contributed by atoms with van der Waals surface area (Å²) in [6.45, 7) is 3.43. The van der Waals surface area contributed by atoms with Crippen molar-refractivity contribution >= 4 is 45.3 Å². The van der Waals surface area contributed by atoms with Crippen molar-refractivity contribution in [3.8, 4) is 11.3 Å². The summed E-state index contributed by atoms with van der Waals surface area (Å²) in [5, 5.41) is 15.2. The van der Waals surface area contributed by atoms with Gasteiger partial charge in [0.05, 0.1) is 22.6 Å². The molecule has 8 nitrogen and oxygen atoms in total. The first-order chi connectivity index (χ1) is 15.3. The fraction of sp³-hybridized carbons (Fsp3) is 0.273. The highest BCUT2D eigenvalue weighted by atomic mass is 35.5. The molecule has 0 spiro atoms. The second-order valence-electron chi connectivity index (χ2n) is 8.02. The standard InChI is InChI=1S/C22H20ClFN6O2/c1-12-10-29(3-4-30(12)22(31)32)15-7-16-17(23)8-19(26-21(16)25-9-15)13-5-14-11-28(2)27-20(14)18(24)6-13/h5-9,11-12H,3-4,10H2,1-2H3,(H,31,32)/t12-/m0/s1. The zero-order valence-electron chi connectivity index (χ0n) is 17.5. The zero-order chi connectivity index (χ0) is 22.6. The van der Waals surface area contributed by atoms with E-state index in [1.807, 2.05) is 19.1 Å². The summed E-state index contributed by atoms with van der Waals surface area (Å²) < 4.78 is 16.1. The smallest absolute Gasteiger partial charge is 0.407 e. The number of piperazine rings is 1. The van der Waals surface area contributed by atoms with Gasteiger partial charge in [0.1, 0.15) is 5.52 Å². The first-order valence-electron chi connectivity index (χ1n) is 10.1. The number of hydrogen-bond acceptors (Lipinski definition) is 5. The molecule has 5 rings (SSSR count). The molecule has 1 N–H and O–H groups in total. The molecule has 0 bridgehead atoms. The van der Waals surface area contributed by atoms with E-state index in [-0.39, 0.29) is 6.04 Å². The van der Waals surface area contributed by atoms with Crippen LogP contribution in [0.3, 0.4) is 0 Å². The van der Waals surface area contributed by atoms with Crippen LogP contribution in [-0.4, -0.2) is 61.5 Å². The Balaban J connectivity index is 1.50. The average Bonchev–Trinajstić information content (AvgIpc) is 3.14. The topological polar surface area (TPSA) is 87.4 Å². The minimum atomic E-state index is -0.908. The van der Waals surface area contributed by atoms with Gasteiger partial charge in [0, 0.05) is 55.3 Å². The van der Waals surface area contributed by atoms with E-state index in [0.717, 1.165) is 5.69 Å². The Kier molecular flexibility index (Phi) is 4.85. The Morgan fingerprint density at radius 3 is 2.81 bits per heavy atom. The van der Waals surface area contributed by atoms with E-state index in [2.05, 4.69) is 20.0 Å². The highest BCUT2D eigenvalue weighted by Gasteiger charge is 2.27. The average molecular weight is 455 g/mol. The maximum absolute atomic E-state index is 14.5. The predicted octanol–water partition coefficient (Wildman–Crippen LogP) is 4.16. The number of pyridine rings is 2. The Morgan fingerprint density at radius 1 is 1.25 bits per heavy atom. The molecule has 4 aromatic rings. The second-order valence-corrected chi connectivity index (χ2v) is 8.43. The van der Waals surface area contributed by atoms with Crippen molar-refractivity contribution in [3.63, 3.8) is 0 Å². The third-order valence-electron chi connectivity index (χ3n) is 5.81. The van der Waals surface area contributed by atoms with Gasteiger partial charge in [-0.3, -0.25) is 4.68 Å². The lowest BCUT2D eigenvalue weighted by atomic mass is 10.1. The normalized spacial score (nSPS) is 16.8. The number of carboxylic acid groups (broad SMARTS) is 1. The number of carbonyl (C=O) groups is 1. The number of rotatable bonds is 2. The lowest BCUT2D eigenvalue weighted by molar-refractivity contribution is 0.122. The van der Waals surface area contributed by atoms with Crippen molar-refractivity contribution in [3.05, 3.63) is 47.5 Å². The predicted molar refractivity (Wildman–Crippen MR) is 121 cm³/mol. The van der Waals surface area contributed by atoms with Crippen LogP contribution in [0.5, 0.6) is 0 Å². The largest absolute Gasteiger partial charge is 0.465 e. The van der Waals surface area contributed by atoms with Gasteiger partial charge in [0.2, 0.25) is 0 Å². The quantitative estimate of drug-likeness (QED) is 0.489. The van der Waals surface area contributed by atoms with Crippen molar-refractivity contribution < 1.29 is 14.3 Å². The first-order valence-corrected chi connectivity index (χ1v) is 10.5. The van der Waals surface area contributed by atoms with Gasteiger partial charge in [0.15, 0.2) is 11.5 Å². The van der Waals surface area contributed by atoms with Crippen molar-refractivity contribution in [2.45, 2.75) is 13.0 Å². The number of anilines is 1. The molecule has 1 saturated heterocycles. The molecular formula is C22H20ClFN6O2. The summed E-state index contributed by atoms with van der Waals surface area (Å²) in [4.78, 5) is 23.9. The highest BCUT2D eigenvalue weighted by molar-refractivity contribution is 6.35. The maximum atomic E-state index is 14.5. The van der Waals surface area contributed by atoms with E-state index >= 15 is 0 Å². The molecule has 1 amide bonds. The lowest BCUT2D eigenvalue weighted by Gasteiger charge is -2.39. The number of amides is 1. The van der Waals surface area contributed by atoms with Crippen molar-refractivity contribution in [1.29, 1.82) is 0 Å². The molecule has 3 aromatic heterocycles. The fourth-order valence-electron chi connectivity index (χ4n) is 4.21. The Bertz CT molecular complexity index is 1370. The lowest BCUT2D eigenvalue weighted by Crippen LogP contribution is -2.53. The molecule has 1 fully saturated rings. The Morgan fingerprint density at radius 2 is 2.06 bits per heavy atom. The van der Waals surface area contributed by atoms with Crippen LogP contribution < -0.4 is 4.90 Å². The first kappa shape index (κ1) is 20.4. The molecule has 32 heavy (non-hydrogen) atoms. The highest BCUT2D eigenvalue weighted by Crippen LogP contribution is 2.32. The fourth-order valence-corrected chi connectivity index (χ4v) is 4.46. The van der Waals surface area contributed by atoms with Gasteiger partial charge in [-0.1, -0.05) is 11.6 Å². The Hall–Kier alpha value is -3.46. The summed E-state index contributed by atoms with van der Waals surface area (Å²) in [5.41, 5.74) is 2.74. The molecule has 0 unspecified atom stereocenters. The van der Waals surface area contributed by atoms with Gasteiger partial charge in [-0.15, -0.1) is 0 Å². The molecule has 0 radical (unpaired) electrons. The summed E-state index contributed by atoms with van der Waals surface area (Å²) >= 11 is 6.58. The molecule has 4 heterocycles. The summed E-state index contributed by atoms with van der Waals surface area (Å²) in [5.74, 6) is -0.422. The van der Waals surface area contributed by atoms with E-state index in [1.165, 1.54) is 11.0 Å². The minimum absolute atomic E-state index is 0.134. The van der Waals surface area contributed by atoms with Crippen molar-refractivity contribution in [1.82, 2.24) is 24.6 Å². The van der Waals surface area contributed by atoms with Crippen LogP contribution in [0, 0.1) is 5.82 Å². The molecule has 1 aromatic carbocycles. The molecule has 0 saturated carbocycles. The SMILES string of the molecule is C[C@H]1CN(c2cnc3nc(-c4cc(F)c5nn(C)cc5c4)cc(Cl)c3c2)CCN1C(=O)O. The van der Waals surface area contributed by atoms with Gasteiger partial charge in [-0.2, -0.15) is 5.10 Å². The summed E-state index contributed by atoms with van der Waals surface area (Å²) in [6, 6.07) is 6.71. The van der Waals surface area contributed by atoms with Gasteiger partial charge in [-0.25, -0.2) is 19.2 Å². The van der Waals surface area contributed by atoms with Crippen LogP contribution in [0.15, 0.2) is 36.7 Å². The number of hydrogen-bond donors (Lipinski definition) is 1. The van der Waals surface area contributed by atoms with Crippen LogP contribution in [0.1, 0.15) is 6.92 Å². The van der Waals surface area contributed by atoms with E-state index in [0.29, 0.717) is 57.9 Å². The van der Waals surface area contributed by atoms with Crippen LogP contribution >= 0.6 is 11.6 Å². The number of aryl methyl sites for hydroxylation is 1. The molecule has 10 heteroatoms. The second kappa shape index (κ2) is 7.59. The van der Waals surface area contributed by atoms with E-state index < -0.39 is 11.9 Å². The Labute approximate surface area is 187 Å². The van der Waals surface area contributed by atoms with Gasteiger partial charge in [0.25, 0.3) is 0 Å². The maximum Gasteiger partial charge on any atom is 0.407 e. The van der Waals surface area contributed by atoms with Gasteiger partial charge in [-0.05, 0) is 31.2 Å². The number of halogens is 2. The number of fused-ring (bicyclic) bond motifs is 2. The molecule has 0 aliphatic carbocycles. The van der Waals surface area contributed by atoms with E-state index in [9.17, 15) is 14.3 Å². The molecule has 1 atom stereocenters. The molecule has 164 valence electrons. The van der Waals surface area contributed by atoms with Gasteiger partial charge >= 0.3 is 6.09 Å². The summed E-state index contributed by atoms with van der Waals surface area (Å²) in [7, 11) is 1.74. The molecule has 1 aliphatic heterocycles.